The van der Waals surface area contributed by atoms with Gasteiger partial charge in [0.15, 0.2) is 0 Å². The number of methoxy groups -OCH3 is 1. The molecule has 4 heteroatoms. The average Bonchev–Trinajstić information content (AvgIpc) is 2.36. The van der Waals surface area contributed by atoms with Crippen LogP contribution in [0.5, 0.6) is 5.75 Å². The molecule has 0 unspecified atom stereocenters. The van der Waals surface area contributed by atoms with Gasteiger partial charge in [0, 0.05) is 17.3 Å². The molecule has 0 aliphatic heterocycles. The standard InChI is InChI=1S/C14H20BrNO2/c1-14(2,10-15)16-13(17)9-6-11-4-7-12(18-3)8-5-11/h4-5,7-8H,6,9-10H2,1-3H3,(H,16,17). The number of amides is 1. The molecule has 18 heavy (non-hydrogen) atoms. The van der Waals surface area contributed by atoms with Crippen LogP contribution in [0.1, 0.15) is 25.8 Å². The van der Waals surface area contributed by atoms with Crippen LogP contribution >= 0.6 is 15.9 Å². The third-order valence-electron chi connectivity index (χ3n) is 2.61. The SMILES string of the molecule is COc1ccc(CCC(=O)NC(C)(C)CBr)cc1. The molecule has 0 heterocycles. The lowest BCUT2D eigenvalue weighted by molar-refractivity contribution is -0.122. The van der Waals surface area contributed by atoms with Crippen molar-refractivity contribution in [3.05, 3.63) is 29.8 Å². The van der Waals surface area contributed by atoms with Gasteiger partial charge in [-0.05, 0) is 38.0 Å². The van der Waals surface area contributed by atoms with Gasteiger partial charge in [0.1, 0.15) is 5.75 Å². The highest BCUT2D eigenvalue weighted by Gasteiger charge is 2.18. The van der Waals surface area contributed by atoms with Gasteiger partial charge in [-0.25, -0.2) is 0 Å². The second-order valence-electron chi connectivity index (χ2n) is 4.91. The average molecular weight is 314 g/mol. The van der Waals surface area contributed by atoms with E-state index in [0.29, 0.717) is 6.42 Å². The van der Waals surface area contributed by atoms with Crippen molar-refractivity contribution in [2.24, 2.45) is 0 Å². The first-order valence-electron chi connectivity index (χ1n) is 5.97. The Morgan fingerprint density at radius 2 is 1.94 bits per heavy atom. The Morgan fingerprint density at radius 1 is 1.33 bits per heavy atom. The van der Waals surface area contributed by atoms with E-state index in [1.807, 2.05) is 38.1 Å². The molecule has 0 saturated carbocycles. The molecule has 1 aromatic carbocycles. The molecule has 0 atom stereocenters. The van der Waals surface area contributed by atoms with Crippen molar-refractivity contribution in [3.63, 3.8) is 0 Å². The third kappa shape index (κ3) is 5.08. The molecule has 0 aromatic heterocycles. The first-order valence-corrected chi connectivity index (χ1v) is 7.09. The number of benzene rings is 1. The summed E-state index contributed by atoms with van der Waals surface area (Å²) in [4.78, 5) is 11.8. The summed E-state index contributed by atoms with van der Waals surface area (Å²) in [5.41, 5.74) is 0.944. The van der Waals surface area contributed by atoms with E-state index in [0.717, 1.165) is 23.1 Å². The minimum absolute atomic E-state index is 0.0790. The van der Waals surface area contributed by atoms with Gasteiger partial charge < -0.3 is 10.1 Å². The third-order valence-corrected chi connectivity index (χ3v) is 4.01. The van der Waals surface area contributed by atoms with Crippen molar-refractivity contribution in [3.8, 4) is 5.75 Å². The fourth-order valence-electron chi connectivity index (χ4n) is 1.52. The van der Waals surface area contributed by atoms with Gasteiger partial charge in [0.05, 0.1) is 7.11 Å². The predicted molar refractivity (Wildman–Crippen MR) is 77.3 cm³/mol. The maximum Gasteiger partial charge on any atom is 0.220 e. The smallest absolute Gasteiger partial charge is 0.220 e. The topological polar surface area (TPSA) is 38.3 Å². The molecule has 1 amide bonds. The Kier molecular flexibility index (Phi) is 5.66. The van der Waals surface area contributed by atoms with Crippen molar-refractivity contribution < 1.29 is 9.53 Å². The van der Waals surface area contributed by atoms with Gasteiger partial charge in [-0.3, -0.25) is 4.79 Å². The summed E-state index contributed by atoms with van der Waals surface area (Å²) in [5, 5.41) is 3.73. The number of carbonyl (C=O) groups is 1. The minimum atomic E-state index is -0.197. The van der Waals surface area contributed by atoms with Crippen LogP contribution in [0, 0.1) is 0 Å². The molecular formula is C14H20BrNO2. The molecule has 0 saturated heterocycles. The lowest BCUT2D eigenvalue weighted by atomic mass is 10.1. The van der Waals surface area contributed by atoms with Gasteiger partial charge in [0.25, 0.3) is 0 Å². The van der Waals surface area contributed by atoms with Crippen molar-refractivity contribution in [2.75, 3.05) is 12.4 Å². The van der Waals surface area contributed by atoms with E-state index in [1.165, 1.54) is 0 Å². The highest BCUT2D eigenvalue weighted by Crippen LogP contribution is 2.13. The van der Waals surface area contributed by atoms with Crippen LogP contribution < -0.4 is 10.1 Å². The van der Waals surface area contributed by atoms with E-state index in [4.69, 9.17) is 4.74 Å². The Hall–Kier alpha value is -1.03. The molecule has 0 aliphatic rings. The summed E-state index contributed by atoms with van der Waals surface area (Å²) in [6, 6.07) is 7.80. The lowest BCUT2D eigenvalue weighted by Crippen LogP contribution is -2.44. The van der Waals surface area contributed by atoms with Crippen LogP contribution in [-0.2, 0) is 11.2 Å². The second kappa shape index (κ2) is 6.78. The van der Waals surface area contributed by atoms with E-state index < -0.39 is 0 Å². The fraction of sp³-hybridized carbons (Fsp3) is 0.500. The highest BCUT2D eigenvalue weighted by molar-refractivity contribution is 9.09. The van der Waals surface area contributed by atoms with E-state index in [1.54, 1.807) is 7.11 Å². The van der Waals surface area contributed by atoms with Crippen molar-refractivity contribution in [1.82, 2.24) is 5.32 Å². The predicted octanol–water partition coefficient (Wildman–Crippen LogP) is 2.92. The maximum absolute atomic E-state index is 11.8. The molecule has 1 N–H and O–H groups in total. The van der Waals surface area contributed by atoms with Gasteiger partial charge in [-0.2, -0.15) is 0 Å². The van der Waals surface area contributed by atoms with Gasteiger partial charge in [-0.1, -0.05) is 28.1 Å². The minimum Gasteiger partial charge on any atom is -0.497 e. The van der Waals surface area contributed by atoms with E-state index in [9.17, 15) is 4.79 Å². The van der Waals surface area contributed by atoms with Crippen LogP contribution in [0.15, 0.2) is 24.3 Å². The summed E-state index contributed by atoms with van der Waals surface area (Å²) < 4.78 is 5.09. The molecule has 1 rings (SSSR count). The molecule has 3 nitrogen and oxygen atoms in total. The van der Waals surface area contributed by atoms with E-state index in [-0.39, 0.29) is 11.4 Å². The van der Waals surface area contributed by atoms with Gasteiger partial charge >= 0.3 is 0 Å². The zero-order chi connectivity index (χ0) is 13.6. The van der Waals surface area contributed by atoms with Crippen LogP contribution in [0.4, 0.5) is 0 Å². The van der Waals surface area contributed by atoms with Gasteiger partial charge in [-0.15, -0.1) is 0 Å². The van der Waals surface area contributed by atoms with Crippen LogP contribution in [-0.4, -0.2) is 23.9 Å². The summed E-state index contributed by atoms with van der Waals surface area (Å²) >= 11 is 3.38. The van der Waals surface area contributed by atoms with Gasteiger partial charge in [0.2, 0.25) is 5.91 Å². The summed E-state index contributed by atoms with van der Waals surface area (Å²) in [5.74, 6) is 0.916. The number of hydrogen-bond acceptors (Lipinski definition) is 2. The van der Waals surface area contributed by atoms with Crippen LogP contribution in [0.3, 0.4) is 0 Å². The van der Waals surface area contributed by atoms with Crippen molar-refractivity contribution in [2.45, 2.75) is 32.2 Å². The molecule has 100 valence electrons. The zero-order valence-electron chi connectivity index (χ0n) is 11.1. The molecular weight excluding hydrogens is 294 g/mol. The largest absolute Gasteiger partial charge is 0.497 e. The fourth-order valence-corrected chi connectivity index (χ4v) is 1.66. The Balaban J connectivity index is 2.42. The van der Waals surface area contributed by atoms with E-state index >= 15 is 0 Å². The number of alkyl halides is 1. The number of carbonyl (C=O) groups excluding carboxylic acids is 1. The Morgan fingerprint density at radius 3 is 2.44 bits per heavy atom. The van der Waals surface area contributed by atoms with E-state index in [2.05, 4.69) is 21.2 Å². The van der Waals surface area contributed by atoms with Crippen LogP contribution in [0.25, 0.3) is 0 Å². The second-order valence-corrected chi connectivity index (χ2v) is 5.47. The molecule has 0 aliphatic carbocycles. The molecule has 0 radical (unpaired) electrons. The maximum atomic E-state index is 11.8. The van der Waals surface area contributed by atoms with Crippen LogP contribution in [0.2, 0.25) is 0 Å². The highest BCUT2D eigenvalue weighted by atomic mass is 79.9. The summed E-state index contributed by atoms with van der Waals surface area (Å²) in [6.45, 7) is 3.99. The first kappa shape index (κ1) is 15.0. The normalized spacial score (nSPS) is 11.1. The Labute approximate surface area is 117 Å². The summed E-state index contributed by atoms with van der Waals surface area (Å²) in [6.07, 6.45) is 1.25. The number of nitrogens with one attached hydrogen (secondary N) is 1. The number of hydrogen-bond donors (Lipinski definition) is 1. The molecule has 0 bridgehead atoms. The molecule has 1 aromatic rings. The monoisotopic (exact) mass is 313 g/mol. The number of aryl methyl sites for hydroxylation is 1. The number of halogens is 1. The van der Waals surface area contributed by atoms with Crippen molar-refractivity contribution >= 4 is 21.8 Å². The number of ether oxygens (including phenoxy) is 1. The summed E-state index contributed by atoms with van der Waals surface area (Å²) in [7, 11) is 1.64. The first-order chi connectivity index (χ1) is 8.46. The Bertz CT molecular complexity index is 387. The number of rotatable bonds is 6. The zero-order valence-corrected chi connectivity index (χ0v) is 12.7. The lowest BCUT2D eigenvalue weighted by Gasteiger charge is -2.23. The quantitative estimate of drug-likeness (QED) is 0.820. The molecule has 0 fully saturated rings. The molecule has 0 spiro atoms. The van der Waals surface area contributed by atoms with Crippen molar-refractivity contribution in [1.29, 1.82) is 0 Å².